The van der Waals surface area contributed by atoms with Crippen LogP contribution in [0.4, 0.5) is 0 Å². The van der Waals surface area contributed by atoms with E-state index in [4.69, 9.17) is 5.11 Å². The minimum absolute atomic E-state index is 0.109. The second kappa shape index (κ2) is 5.83. The standard InChI is InChI=1S/C13H13N3O/c17-8-2-1-3-12-4-6-13(7-5-12)9-16-11-14-10-15-16/h4-7,10-11,17H,2,8-9H2. The zero-order chi connectivity index (χ0) is 11.9. The molecule has 1 heterocycles. The maximum absolute atomic E-state index is 8.61. The Morgan fingerprint density at radius 1 is 1.24 bits per heavy atom. The molecule has 1 aromatic carbocycles. The molecule has 0 saturated carbocycles. The number of aliphatic hydroxyl groups excluding tert-OH is 1. The fourth-order valence-electron chi connectivity index (χ4n) is 1.42. The molecule has 0 atom stereocenters. The molecule has 17 heavy (non-hydrogen) atoms. The van der Waals surface area contributed by atoms with Crippen molar-refractivity contribution in [2.24, 2.45) is 0 Å². The van der Waals surface area contributed by atoms with E-state index < -0.39 is 0 Å². The number of aromatic nitrogens is 3. The van der Waals surface area contributed by atoms with E-state index in [-0.39, 0.29) is 6.61 Å². The summed E-state index contributed by atoms with van der Waals surface area (Å²) < 4.78 is 1.77. The Morgan fingerprint density at radius 3 is 2.71 bits per heavy atom. The summed E-state index contributed by atoms with van der Waals surface area (Å²) in [6.45, 7) is 0.821. The Bertz CT molecular complexity index is 506. The second-order valence-electron chi connectivity index (χ2n) is 3.57. The van der Waals surface area contributed by atoms with E-state index in [1.165, 1.54) is 6.33 Å². The molecule has 4 heteroatoms. The highest BCUT2D eigenvalue weighted by Gasteiger charge is 1.95. The lowest BCUT2D eigenvalue weighted by Gasteiger charge is -2.00. The Hall–Kier alpha value is -2.12. The van der Waals surface area contributed by atoms with E-state index in [0.29, 0.717) is 13.0 Å². The van der Waals surface area contributed by atoms with Crippen LogP contribution in [0.2, 0.25) is 0 Å². The van der Waals surface area contributed by atoms with Gasteiger partial charge in [-0.1, -0.05) is 24.0 Å². The molecule has 2 rings (SSSR count). The van der Waals surface area contributed by atoms with E-state index in [1.54, 1.807) is 11.0 Å². The maximum Gasteiger partial charge on any atom is 0.137 e. The van der Waals surface area contributed by atoms with E-state index in [0.717, 1.165) is 11.1 Å². The average molecular weight is 227 g/mol. The highest BCUT2D eigenvalue weighted by atomic mass is 16.2. The molecule has 0 radical (unpaired) electrons. The molecule has 0 saturated heterocycles. The van der Waals surface area contributed by atoms with Gasteiger partial charge in [0.05, 0.1) is 13.2 Å². The molecule has 0 spiro atoms. The fraction of sp³-hybridized carbons (Fsp3) is 0.231. The summed E-state index contributed by atoms with van der Waals surface area (Å²) >= 11 is 0. The van der Waals surface area contributed by atoms with Gasteiger partial charge in [-0.15, -0.1) is 0 Å². The van der Waals surface area contributed by atoms with Gasteiger partial charge in [0.15, 0.2) is 0 Å². The molecule has 1 aromatic heterocycles. The molecule has 0 aliphatic carbocycles. The van der Waals surface area contributed by atoms with Crippen LogP contribution in [-0.4, -0.2) is 26.5 Å². The van der Waals surface area contributed by atoms with Crippen LogP contribution in [0.15, 0.2) is 36.9 Å². The molecule has 0 fully saturated rings. The van der Waals surface area contributed by atoms with Crippen molar-refractivity contribution in [2.75, 3.05) is 6.61 Å². The van der Waals surface area contributed by atoms with Crippen molar-refractivity contribution in [2.45, 2.75) is 13.0 Å². The van der Waals surface area contributed by atoms with Gasteiger partial charge in [-0.25, -0.2) is 9.67 Å². The molecule has 0 unspecified atom stereocenters. The summed E-state index contributed by atoms with van der Waals surface area (Å²) in [5.74, 6) is 5.88. The average Bonchev–Trinajstić information content (AvgIpc) is 2.85. The summed E-state index contributed by atoms with van der Waals surface area (Å²) in [6, 6.07) is 7.97. The first-order valence-corrected chi connectivity index (χ1v) is 5.39. The van der Waals surface area contributed by atoms with E-state index >= 15 is 0 Å². The lowest BCUT2D eigenvalue weighted by molar-refractivity contribution is 0.305. The minimum atomic E-state index is 0.109. The second-order valence-corrected chi connectivity index (χ2v) is 3.57. The minimum Gasteiger partial charge on any atom is -0.395 e. The summed E-state index contributed by atoms with van der Waals surface area (Å²) in [5, 5.41) is 12.7. The van der Waals surface area contributed by atoms with Gasteiger partial charge < -0.3 is 5.11 Å². The van der Waals surface area contributed by atoms with E-state index in [2.05, 4.69) is 21.9 Å². The predicted octanol–water partition coefficient (Wildman–Crippen LogP) is 1.06. The number of aliphatic hydroxyl groups is 1. The lowest BCUT2D eigenvalue weighted by Crippen LogP contribution is -1.99. The molecule has 86 valence electrons. The summed E-state index contributed by atoms with van der Waals surface area (Å²) in [7, 11) is 0. The monoisotopic (exact) mass is 227 g/mol. The van der Waals surface area contributed by atoms with Crippen LogP contribution >= 0.6 is 0 Å². The molecule has 1 N–H and O–H groups in total. The van der Waals surface area contributed by atoms with Crippen LogP contribution in [0.25, 0.3) is 0 Å². The third-order valence-electron chi connectivity index (χ3n) is 2.23. The summed E-state index contributed by atoms with van der Waals surface area (Å²) in [5.41, 5.74) is 2.11. The predicted molar refractivity (Wildman–Crippen MR) is 64.1 cm³/mol. The molecule has 4 nitrogen and oxygen atoms in total. The number of hydrogen-bond acceptors (Lipinski definition) is 3. The van der Waals surface area contributed by atoms with Gasteiger partial charge in [-0.3, -0.25) is 0 Å². The molecule has 0 aliphatic heterocycles. The van der Waals surface area contributed by atoms with Gasteiger partial charge in [-0.2, -0.15) is 5.10 Å². The third-order valence-corrected chi connectivity index (χ3v) is 2.23. The van der Waals surface area contributed by atoms with Crippen molar-refractivity contribution in [1.29, 1.82) is 0 Å². The number of hydrogen-bond donors (Lipinski definition) is 1. The quantitative estimate of drug-likeness (QED) is 0.798. The lowest BCUT2D eigenvalue weighted by atomic mass is 10.1. The number of benzene rings is 1. The normalized spacial score (nSPS) is 9.71. The van der Waals surface area contributed by atoms with Gasteiger partial charge in [0.1, 0.15) is 12.7 Å². The number of rotatable bonds is 3. The van der Waals surface area contributed by atoms with Crippen molar-refractivity contribution in [3.63, 3.8) is 0 Å². The summed E-state index contributed by atoms with van der Waals surface area (Å²) in [6.07, 6.45) is 3.73. The number of nitrogens with zero attached hydrogens (tertiary/aromatic N) is 3. The van der Waals surface area contributed by atoms with Gasteiger partial charge >= 0.3 is 0 Å². The Morgan fingerprint density at radius 2 is 2.06 bits per heavy atom. The van der Waals surface area contributed by atoms with E-state index in [9.17, 15) is 0 Å². The SMILES string of the molecule is OCCC#Cc1ccc(Cn2cncn2)cc1. The van der Waals surface area contributed by atoms with Crippen LogP contribution < -0.4 is 0 Å². The first-order chi connectivity index (χ1) is 8.38. The van der Waals surface area contributed by atoms with Gasteiger partial charge in [0.2, 0.25) is 0 Å². The maximum atomic E-state index is 8.61. The zero-order valence-electron chi connectivity index (χ0n) is 9.37. The molecule has 0 bridgehead atoms. The van der Waals surface area contributed by atoms with E-state index in [1.807, 2.05) is 24.3 Å². The fourth-order valence-corrected chi connectivity index (χ4v) is 1.42. The Labute approximate surface area is 99.9 Å². The third kappa shape index (κ3) is 3.44. The van der Waals surface area contributed by atoms with Crippen LogP contribution in [0.1, 0.15) is 17.5 Å². The highest BCUT2D eigenvalue weighted by molar-refractivity contribution is 5.36. The molecule has 2 aromatic rings. The molecular weight excluding hydrogens is 214 g/mol. The first kappa shape index (κ1) is 11.4. The van der Waals surface area contributed by atoms with Crippen molar-refractivity contribution >= 4 is 0 Å². The van der Waals surface area contributed by atoms with Crippen LogP contribution in [0, 0.1) is 11.8 Å². The van der Waals surface area contributed by atoms with Gasteiger partial charge in [-0.05, 0) is 17.7 Å². The van der Waals surface area contributed by atoms with Crippen LogP contribution in [0.3, 0.4) is 0 Å². The Balaban J connectivity index is 2.01. The largest absolute Gasteiger partial charge is 0.395 e. The molecular formula is C13H13N3O. The van der Waals surface area contributed by atoms with Crippen molar-refractivity contribution < 1.29 is 5.11 Å². The van der Waals surface area contributed by atoms with Gasteiger partial charge in [0, 0.05) is 12.0 Å². The van der Waals surface area contributed by atoms with Crippen LogP contribution in [0.5, 0.6) is 0 Å². The van der Waals surface area contributed by atoms with Gasteiger partial charge in [0.25, 0.3) is 0 Å². The molecule has 0 amide bonds. The molecule has 0 aliphatic rings. The zero-order valence-corrected chi connectivity index (χ0v) is 9.37. The smallest absolute Gasteiger partial charge is 0.137 e. The summed E-state index contributed by atoms with van der Waals surface area (Å²) in [4.78, 5) is 3.89. The first-order valence-electron chi connectivity index (χ1n) is 5.39. The van der Waals surface area contributed by atoms with Crippen LogP contribution in [-0.2, 0) is 6.54 Å². The van der Waals surface area contributed by atoms with Crippen molar-refractivity contribution in [3.05, 3.63) is 48.0 Å². The van der Waals surface area contributed by atoms with Crippen molar-refractivity contribution in [3.8, 4) is 11.8 Å². The highest BCUT2D eigenvalue weighted by Crippen LogP contribution is 2.04. The van der Waals surface area contributed by atoms with Crippen molar-refractivity contribution in [1.82, 2.24) is 14.8 Å². The topological polar surface area (TPSA) is 50.9 Å². The Kier molecular flexibility index (Phi) is 3.90.